The Morgan fingerprint density at radius 2 is 1.96 bits per heavy atom. The van der Waals surface area contributed by atoms with Crippen LogP contribution in [0.25, 0.3) is 0 Å². The quantitative estimate of drug-likeness (QED) is 0.695. The van der Waals surface area contributed by atoms with E-state index in [1.165, 1.54) is 19.2 Å². The van der Waals surface area contributed by atoms with E-state index in [1.54, 1.807) is 6.07 Å². The molecule has 0 aliphatic heterocycles. The number of hydrogen-bond donors (Lipinski definition) is 3. The number of aryl methyl sites for hydroxylation is 1. The average molecular weight is 359 g/mol. The first-order valence-corrected chi connectivity index (χ1v) is 8.19. The van der Waals surface area contributed by atoms with Gasteiger partial charge in [0.2, 0.25) is 0 Å². The van der Waals surface area contributed by atoms with E-state index in [0.717, 1.165) is 0 Å². The number of rotatable bonds is 7. The van der Waals surface area contributed by atoms with Crippen molar-refractivity contribution in [3.63, 3.8) is 0 Å². The van der Waals surface area contributed by atoms with Crippen LogP contribution in [0, 0.1) is 0 Å². The normalized spacial score (nSPS) is 10.6. The molecule has 0 spiro atoms. The van der Waals surface area contributed by atoms with Crippen LogP contribution in [0.3, 0.4) is 0 Å². The second-order valence-corrected chi connectivity index (χ2v) is 5.67. The Balaban J connectivity index is 2.45. The third kappa shape index (κ3) is 4.15. The highest BCUT2D eigenvalue weighted by molar-refractivity contribution is 6.05. The van der Waals surface area contributed by atoms with Crippen LogP contribution in [-0.4, -0.2) is 34.3 Å². The molecule has 3 N–H and O–H groups in total. The number of methoxy groups -OCH3 is 1. The van der Waals surface area contributed by atoms with Crippen LogP contribution in [0.2, 0.25) is 0 Å². The van der Waals surface area contributed by atoms with Crippen molar-refractivity contribution < 1.29 is 19.4 Å². The number of anilines is 1. The summed E-state index contributed by atoms with van der Waals surface area (Å²) >= 11 is 0. The SMILES string of the molecule is CCc1n[nH]c(=O)c(C(=O)Nc2cc(COC)cc(C(=O)O)c2)c1CC. The summed E-state index contributed by atoms with van der Waals surface area (Å²) < 4.78 is 5.02. The van der Waals surface area contributed by atoms with E-state index < -0.39 is 17.4 Å². The molecule has 26 heavy (non-hydrogen) atoms. The van der Waals surface area contributed by atoms with Crippen LogP contribution in [-0.2, 0) is 24.2 Å². The molecule has 2 rings (SSSR count). The van der Waals surface area contributed by atoms with Gasteiger partial charge in [-0.3, -0.25) is 9.59 Å². The maximum Gasteiger partial charge on any atom is 0.335 e. The third-order valence-electron chi connectivity index (χ3n) is 3.89. The molecule has 2 aromatic rings. The second-order valence-electron chi connectivity index (χ2n) is 5.67. The largest absolute Gasteiger partial charge is 0.478 e. The number of H-pyrrole nitrogens is 1. The first kappa shape index (κ1) is 19.3. The lowest BCUT2D eigenvalue weighted by molar-refractivity contribution is 0.0696. The Labute approximate surface area is 150 Å². The molecule has 8 nitrogen and oxygen atoms in total. The Bertz CT molecular complexity index is 889. The molecule has 1 aromatic carbocycles. The van der Waals surface area contributed by atoms with Crippen molar-refractivity contribution in [3.05, 3.63) is 56.5 Å². The minimum Gasteiger partial charge on any atom is -0.478 e. The zero-order valence-electron chi connectivity index (χ0n) is 14.9. The number of carboxylic acids is 1. The first-order valence-electron chi connectivity index (χ1n) is 8.19. The lowest BCUT2D eigenvalue weighted by Gasteiger charge is -2.12. The fourth-order valence-electron chi connectivity index (χ4n) is 2.77. The van der Waals surface area contributed by atoms with Crippen LogP contribution in [0.1, 0.15) is 51.4 Å². The Hall–Kier alpha value is -3.00. The van der Waals surface area contributed by atoms with Gasteiger partial charge in [-0.1, -0.05) is 13.8 Å². The van der Waals surface area contributed by atoms with Crippen molar-refractivity contribution in [1.29, 1.82) is 0 Å². The standard InChI is InChI=1S/C18H21N3O5/c1-4-13-14(5-2)20-21-17(23)15(13)16(22)19-12-7-10(9-26-3)6-11(8-12)18(24)25/h6-8H,4-5,9H2,1-3H3,(H,19,22)(H,21,23)(H,24,25). The monoisotopic (exact) mass is 359 g/mol. The van der Waals surface area contributed by atoms with Crippen LogP contribution < -0.4 is 10.9 Å². The molecule has 0 atom stereocenters. The molecule has 0 aliphatic carbocycles. The molecule has 0 radical (unpaired) electrons. The van der Waals surface area contributed by atoms with Gasteiger partial charge in [-0.15, -0.1) is 0 Å². The number of amides is 1. The number of aromatic carboxylic acids is 1. The number of carbonyl (C=O) groups excluding carboxylic acids is 1. The first-order chi connectivity index (χ1) is 12.4. The van der Waals surface area contributed by atoms with Gasteiger partial charge in [0.1, 0.15) is 5.56 Å². The molecular formula is C18H21N3O5. The summed E-state index contributed by atoms with van der Waals surface area (Å²) in [5, 5.41) is 18.2. The highest BCUT2D eigenvalue weighted by Crippen LogP contribution is 2.18. The maximum absolute atomic E-state index is 12.7. The van der Waals surface area contributed by atoms with Gasteiger partial charge in [-0.25, -0.2) is 9.89 Å². The van der Waals surface area contributed by atoms with Crippen molar-refractivity contribution in [2.75, 3.05) is 12.4 Å². The highest BCUT2D eigenvalue weighted by Gasteiger charge is 2.19. The summed E-state index contributed by atoms with van der Waals surface area (Å²) in [6.07, 6.45) is 1.06. The number of hydrogen-bond acceptors (Lipinski definition) is 5. The number of nitrogens with zero attached hydrogens (tertiary/aromatic N) is 1. The number of aromatic nitrogens is 2. The summed E-state index contributed by atoms with van der Waals surface area (Å²) in [6.45, 7) is 3.92. The van der Waals surface area contributed by atoms with Crippen molar-refractivity contribution in [3.8, 4) is 0 Å². The van der Waals surface area contributed by atoms with Gasteiger partial charge in [-0.2, -0.15) is 5.10 Å². The van der Waals surface area contributed by atoms with E-state index in [2.05, 4.69) is 15.5 Å². The number of aromatic amines is 1. The molecule has 1 aromatic heterocycles. The van der Waals surface area contributed by atoms with Crippen LogP contribution in [0.15, 0.2) is 23.0 Å². The lowest BCUT2D eigenvalue weighted by Crippen LogP contribution is -2.28. The molecule has 0 bridgehead atoms. The van der Waals surface area contributed by atoms with Crippen molar-refractivity contribution >= 4 is 17.6 Å². The fourth-order valence-corrected chi connectivity index (χ4v) is 2.77. The summed E-state index contributed by atoms with van der Waals surface area (Å²) in [7, 11) is 1.49. The molecule has 0 saturated carbocycles. The van der Waals surface area contributed by atoms with Crippen LogP contribution in [0.4, 0.5) is 5.69 Å². The smallest absolute Gasteiger partial charge is 0.335 e. The third-order valence-corrected chi connectivity index (χ3v) is 3.89. The summed E-state index contributed by atoms with van der Waals surface area (Å²) in [4.78, 5) is 36.1. The van der Waals surface area contributed by atoms with E-state index in [-0.39, 0.29) is 23.4 Å². The van der Waals surface area contributed by atoms with Gasteiger partial charge in [0, 0.05) is 12.8 Å². The average Bonchev–Trinajstić information content (AvgIpc) is 2.61. The van der Waals surface area contributed by atoms with E-state index in [1.807, 2.05) is 13.8 Å². The highest BCUT2D eigenvalue weighted by atomic mass is 16.5. The van der Waals surface area contributed by atoms with Crippen molar-refractivity contribution in [2.45, 2.75) is 33.3 Å². The summed E-state index contributed by atoms with van der Waals surface area (Å²) in [6, 6.07) is 4.41. The topological polar surface area (TPSA) is 121 Å². The van der Waals surface area contributed by atoms with Gasteiger partial charge in [0.25, 0.3) is 11.5 Å². The van der Waals surface area contributed by atoms with Crippen LogP contribution in [0.5, 0.6) is 0 Å². The predicted molar refractivity (Wildman–Crippen MR) is 95.7 cm³/mol. The van der Waals surface area contributed by atoms with E-state index in [9.17, 15) is 19.5 Å². The molecular weight excluding hydrogens is 338 g/mol. The van der Waals surface area contributed by atoms with Crippen LogP contribution >= 0.6 is 0 Å². The summed E-state index contributed by atoms with van der Waals surface area (Å²) in [5.74, 6) is -1.73. The molecule has 0 fully saturated rings. The molecule has 1 heterocycles. The number of carbonyl (C=O) groups is 2. The minimum absolute atomic E-state index is 0.00614. The van der Waals surface area contributed by atoms with E-state index in [4.69, 9.17) is 4.74 Å². The van der Waals surface area contributed by atoms with Gasteiger partial charge in [0.05, 0.1) is 17.9 Å². The number of carboxylic acid groups (broad SMARTS) is 1. The zero-order valence-corrected chi connectivity index (χ0v) is 14.9. The van der Waals surface area contributed by atoms with E-state index in [0.29, 0.717) is 29.7 Å². The fraction of sp³-hybridized carbons (Fsp3) is 0.333. The summed E-state index contributed by atoms with van der Waals surface area (Å²) in [5.41, 5.74) is 1.53. The Morgan fingerprint density at radius 3 is 2.54 bits per heavy atom. The number of benzene rings is 1. The zero-order chi connectivity index (χ0) is 19.3. The van der Waals surface area contributed by atoms with E-state index >= 15 is 0 Å². The lowest BCUT2D eigenvalue weighted by atomic mass is 10.0. The van der Waals surface area contributed by atoms with Gasteiger partial charge in [0.15, 0.2) is 0 Å². The number of ether oxygens (including phenoxy) is 1. The maximum atomic E-state index is 12.7. The molecule has 0 unspecified atom stereocenters. The predicted octanol–water partition coefficient (Wildman–Crippen LogP) is 1.99. The molecule has 138 valence electrons. The van der Waals surface area contributed by atoms with Gasteiger partial charge in [-0.05, 0) is 42.2 Å². The molecule has 0 aliphatic rings. The molecule has 1 amide bonds. The van der Waals surface area contributed by atoms with Gasteiger partial charge >= 0.3 is 5.97 Å². The minimum atomic E-state index is -1.12. The number of nitrogens with one attached hydrogen (secondary N) is 2. The van der Waals surface area contributed by atoms with Gasteiger partial charge < -0.3 is 15.2 Å². The second kappa shape index (κ2) is 8.39. The van der Waals surface area contributed by atoms with Crippen molar-refractivity contribution in [1.82, 2.24) is 10.2 Å². The Morgan fingerprint density at radius 1 is 1.23 bits per heavy atom. The van der Waals surface area contributed by atoms with Crippen molar-refractivity contribution in [2.24, 2.45) is 0 Å². The molecule has 0 saturated heterocycles. The molecule has 8 heteroatoms. The Kier molecular flexibility index (Phi) is 6.24.